The number of nitrogens with zero attached hydrogens (tertiary/aromatic N) is 1. The molecule has 2 rings (SSSR count). The van der Waals surface area contributed by atoms with Gasteiger partial charge in [-0.3, -0.25) is 0 Å². The van der Waals surface area contributed by atoms with E-state index >= 15 is 0 Å². The number of nitrogens with one attached hydrogen (secondary N) is 1. The Kier molecular flexibility index (Phi) is 4.19. The maximum absolute atomic E-state index is 5.17. The Hall–Kier alpha value is -1.13. The molecule has 0 saturated heterocycles. The number of fused-ring (bicyclic) bond motifs is 1. The van der Waals surface area contributed by atoms with Gasteiger partial charge in [0.25, 0.3) is 0 Å². The van der Waals surface area contributed by atoms with Crippen molar-refractivity contribution in [2.75, 3.05) is 19.0 Å². The lowest BCUT2D eigenvalue weighted by Crippen LogP contribution is -2.02. The van der Waals surface area contributed by atoms with Gasteiger partial charge in [0.2, 0.25) is 0 Å². The van der Waals surface area contributed by atoms with Crippen LogP contribution in [0.25, 0.3) is 10.9 Å². The Morgan fingerprint density at radius 1 is 1.33 bits per heavy atom. The predicted octanol–water partition coefficient (Wildman–Crippen LogP) is 3.88. The SMILES string of the molecule is CCNc1cc(COC)nc2c(C)cc(Br)cc12. The summed E-state index contributed by atoms with van der Waals surface area (Å²) >= 11 is 3.54. The average Bonchev–Trinajstić information content (AvgIpc) is 2.31. The van der Waals surface area contributed by atoms with E-state index in [-0.39, 0.29) is 0 Å². The van der Waals surface area contributed by atoms with Crippen molar-refractivity contribution in [3.8, 4) is 0 Å². The van der Waals surface area contributed by atoms with Gasteiger partial charge in [-0.15, -0.1) is 0 Å². The Morgan fingerprint density at radius 2 is 2.11 bits per heavy atom. The molecule has 0 amide bonds. The fourth-order valence-corrected chi connectivity index (χ4v) is 2.64. The van der Waals surface area contributed by atoms with Crippen LogP contribution in [0.1, 0.15) is 18.2 Å². The highest BCUT2D eigenvalue weighted by Crippen LogP contribution is 2.29. The van der Waals surface area contributed by atoms with Crippen molar-refractivity contribution in [1.29, 1.82) is 0 Å². The molecule has 0 spiro atoms. The summed E-state index contributed by atoms with van der Waals surface area (Å²) in [5.41, 5.74) is 4.26. The van der Waals surface area contributed by atoms with Gasteiger partial charge in [-0.05, 0) is 37.6 Å². The summed E-state index contributed by atoms with van der Waals surface area (Å²) in [6, 6.07) is 6.24. The number of ether oxygens (including phenoxy) is 1. The molecule has 96 valence electrons. The molecule has 1 aromatic carbocycles. The van der Waals surface area contributed by atoms with E-state index in [1.807, 2.05) is 0 Å². The van der Waals surface area contributed by atoms with E-state index in [1.165, 1.54) is 0 Å². The third-order valence-electron chi connectivity index (χ3n) is 2.78. The fourth-order valence-electron chi connectivity index (χ4n) is 2.07. The topological polar surface area (TPSA) is 34.1 Å². The first-order chi connectivity index (χ1) is 8.65. The molecule has 0 aliphatic carbocycles. The molecular weight excluding hydrogens is 292 g/mol. The zero-order chi connectivity index (χ0) is 13.1. The lowest BCUT2D eigenvalue weighted by molar-refractivity contribution is 0.182. The van der Waals surface area contributed by atoms with Gasteiger partial charge in [-0.2, -0.15) is 0 Å². The summed E-state index contributed by atoms with van der Waals surface area (Å²) in [5, 5.41) is 4.53. The molecular formula is C14H17BrN2O. The molecule has 0 aliphatic heterocycles. The van der Waals surface area contributed by atoms with Gasteiger partial charge in [-0.25, -0.2) is 4.98 Å². The molecule has 3 nitrogen and oxygen atoms in total. The molecule has 4 heteroatoms. The summed E-state index contributed by atoms with van der Waals surface area (Å²) in [5.74, 6) is 0. The molecule has 0 atom stereocenters. The van der Waals surface area contributed by atoms with E-state index in [2.05, 4.69) is 58.3 Å². The van der Waals surface area contributed by atoms with E-state index in [9.17, 15) is 0 Å². The lowest BCUT2D eigenvalue weighted by Gasteiger charge is -2.12. The van der Waals surface area contributed by atoms with Crippen molar-refractivity contribution in [3.63, 3.8) is 0 Å². The first kappa shape index (κ1) is 13.3. The number of anilines is 1. The quantitative estimate of drug-likeness (QED) is 0.930. The Balaban J connectivity index is 2.68. The Morgan fingerprint density at radius 3 is 2.78 bits per heavy atom. The second-order valence-corrected chi connectivity index (χ2v) is 5.16. The average molecular weight is 309 g/mol. The molecule has 18 heavy (non-hydrogen) atoms. The number of halogens is 1. The van der Waals surface area contributed by atoms with Gasteiger partial charge in [0, 0.05) is 29.2 Å². The van der Waals surface area contributed by atoms with E-state index in [1.54, 1.807) is 7.11 Å². The lowest BCUT2D eigenvalue weighted by atomic mass is 10.1. The van der Waals surface area contributed by atoms with Crippen molar-refractivity contribution in [2.45, 2.75) is 20.5 Å². The van der Waals surface area contributed by atoms with Crippen LogP contribution in [0.15, 0.2) is 22.7 Å². The predicted molar refractivity (Wildman–Crippen MR) is 79.1 cm³/mol. The van der Waals surface area contributed by atoms with Crippen LogP contribution in [0.5, 0.6) is 0 Å². The standard InChI is InChI=1S/C14H17BrN2O/c1-4-16-13-7-11(8-18-3)17-14-9(2)5-10(15)6-12(13)14/h5-7H,4,8H2,1-3H3,(H,16,17). The van der Waals surface area contributed by atoms with Crippen LogP contribution in [-0.2, 0) is 11.3 Å². The number of aryl methyl sites for hydroxylation is 1. The van der Waals surface area contributed by atoms with Crippen molar-refractivity contribution < 1.29 is 4.74 Å². The molecule has 0 radical (unpaired) electrons. The summed E-state index contributed by atoms with van der Waals surface area (Å²) in [6.07, 6.45) is 0. The normalized spacial score (nSPS) is 10.9. The maximum atomic E-state index is 5.17. The van der Waals surface area contributed by atoms with E-state index in [0.29, 0.717) is 6.61 Å². The third kappa shape index (κ3) is 2.65. The van der Waals surface area contributed by atoms with Crippen molar-refractivity contribution in [3.05, 3.63) is 33.9 Å². The highest BCUT2D eigenvalue weighted by Gasteiger charge is 2.08. The van der Waals surface area contributed by atoms with Crippen LogP contribution in [0.3, 0.4) is 0 Å². The van der Waals surface area contributed by atoms with E-state index in [0.717, 1.165) is 38.9 Å². The van der Waals surface area contributed by atoms with Crippen LogP contribution < -0.4 is 5.32 Å². The van der Waals surface area contributed by atoms with Gasteiger partial charge >= 0.3 is 0 Å². The minimum absolute atomic E-state index is 0.532. The number of benzene rings is 1. The molecule has 0 saturated carbocycles. The van der Waals surface area contributed by atoms with Gasteiger partial charge in [0.15, 0.2) is 0 Å². The zero-order valence-corrected chi connectivity index (χ0v) is 12.5. The summed E-state index contributed by atoms with van der Waals surface area (Å²) < 4.78 is 6.25. The maximum Gasteiger partial charge on any atom is 0.0885 e. The summed E-state index contributed by atoms with van der Waals surface area (Å²) in [7, 11) is 1.69. The minimum atomic E-state index is 0.532. The van der Waals surface area contributed by atoms with Crippen LogP contribution >= 0.6 is 15.9 Å². The number of hydrogen-bond donors (Lipinski definition) is 1. The van der Waals surface area contributed by atoms with E-state index < -0.39 is 0 Å². The van der Waals surface area contributed by atoms with Crippen LogP contribution in [0.2, 0.25) is 0 Å². The molecule has 0 bridgehead atoms. The minimum Gasteiger partial charge on any atom is -0.385 e. The van der Waals surface area contributed by atoms with Crippen LogP contribution in [0.4, 0.5) is 5.69 Å². The molecule has 0 fully saturated rings. The van der Waals surface area contributed by atoms with E-state index in [4.69, 9.17) is 4.74 Å². The smallest absolute Gasteiger partial charge is 0.0885 e. The monoisotopic (exact) mass is 308 g/mol. The Labute approximate surface area is 116 Å². The number of methoxy groups -OCH3 is 1. The Bertz CT molecular complexity index is 569. The van der Waals surface area contributed by atoms with Crippen molar-refractivity contribution in [1.82, 2.24) is 4.98 Å². The highest BCUT2D eigenvalue weighted by molar-refractivity contribution is 9.10. The molecule has 1 N–H and O–H groups in total. The number of hydrogen-bond acceptors (Lipinski definition) is 3. The second-order valence-electron chi connectivity index (χ2n) is 4.24. The van der Waals surface area contributed by atoms with Crippen molar-refractivity contribution >= 4 is 32.5 Å². The van der Waals surface area contributed by atoms with Gasteiger partial charge < -0.3 is 10.1 Å². The summed E-state index contributed by atoms with van der Waals surface area (Å²) in [4.78, 5) is 4.66. The fraction of sp³-hybridized carbons (Fsp3) is 0.357. The number of pyridine rings is 1. The van der Waals surface area contributed by atoms with Crippen LogP contribution in [-0.4, -0.2) is 18.6 Å². The van der Waals surface area contributed by atoms with Crippen LogP contribution in [0, 0.1) is 6.92 Å². The first-order valence-corrected chi connectivity index (χ1v) is 6.77. The zero-order valence-electron chi connectivity index (χ0n) is 10.9. The highest BCUT2D eigenvalue weighted by atomic mass is 79.9. The number of aromatic nitrogens is 1. The summed E-state index contributed by atoms with van der Waals surface area (Å²) in [6.45, 7) is 5.58. The van der Waals surface area contributed by atoms with Crippen molar-refractivity contribution in [2.24, 2.45) is 0 Å². The molecule has 1 heterocycles. The molecule has 2 aromatic rings. The molecule has 0 unspecified atom stereocenters. The number of rotatable bonds is 4. The second kappa shape index (κ2) is 5.67. The van der Waals surface area contributed by atoms with Gasteiger partial charge in [-0.1, -0.05) is 15.9 Å². The van der Waals surface area contributed by atoms with Gasteiger partial charge in [0.05, 0.1) is 17.8 Å². The molecule has 1 aromatic heterocycles. The first-order valence-electron chi connectivity index (χ1n) is 5.98. The van der Waals surface area contributed by atoms with Gasteiger partial charge in [0.1, 0.15) is 0 Å². The largest absolute Gasteiger partial charge is 0.385 e. The third-order valence-corrected chi connectivity index (χ3v) is 3.24. The molecule has 0 aliphatic rings.